The van der Waals surface area contributed by atoms with E-state index in [1.54, 1.807) is 48.6 Å². The van der Waals surface area contributed by atoms with Crippen LogP contribution < -0.4 is 11.1 Å². The smallest absolute Gasteiger partial charge is 0.259 e. The van der Waals surface area contributed by atoms with Gasteiger partial charge < -0.3 is 15.6 Å². The van der Waals surface area contributed by atoms with Crippen molar-refractivity contribution < 1.29 is 14.1 Å². The maximum Gasteiger partial charge on any atom is 0.259 e. The van der Waals surface area contributed by atoms with Crippen molar-refractivity contribution in [2.45, 2.75) is 20.3 Å². The maximum atomic E-state index is 13.2. The lowest BCUT2D eigenvalue weighted by molar-refractivity contribution is -0.117. The second-order valence-electron chi connectivity index (χ2n) is 6.67. The molecule has 0 aliphatic carbocycles. The first-order chi connectivity index (χ1) is 13.9. The van der Waals surface area contributed by atoms with Gasteiger partial charge in [0.25, 0.3) is 11.6 Å². The summed E-state index contributed by atoms with van der Waals surface area (Å²) < 4.78 is 5.34. The highest BCUT2D eigenvalue weighted by Crippen LogP contribution is 2.31. The van der Waals surface area contributed by atoms with Gasteiger partial charge in [0.1, 0.15) is 0 Å². The molecule has 2 amide bonds. The highest BCUT2D eigenvalue weighted by molar-refractivity contribution is 7.15. The molecule has 0 radical (unpaired) electrons. The Labute approximate surface area is 170 Å². The van der Waals surface area contributed by atoms with Crippen molar-refractivity contribution in [2.75, 3.05) is 5.32 Å². The molecule has 0 saturated heterocycles. The van der Waals surface area contributed by atoms with Gasteiger partial charge in [-0.25, -0.2) is 4.98 Å². The second kappa shape index (κ2) is 7.48. The van der Waals surface area contributed by atoms with Crippen LogP contribution in [0.2, 0.25) is 0 Å². The lowest BCUT2D eigenvalue weighted by Crippen LogP contribution is -2.18. The van der Waals surface area contributed by atoms with Crippen LogP contribution in [-0.4, -0.2) is 22.0 Å². The summed E-state index contributed by atoms with van der Waals surface area (Å²) in [6.45, 7) is 3.77. The topological polar surface area (TPSA) is 111 Å². The molecule has 4 aromatic rings. The van der Waals surface area contributed by atoms with E-state index in [1.165, 1.54) is 0 Å². The molecule has 0 aliphatic rings. The summed E-state index contributed by atoms with van der Waals surface area (Å²) in [7, 11) is 0. The number of hydrogen-bond donors (Lipinski definition) is 2. The van der Waals surface area contributed by atoms with Crippen molar-refractivity contribution in [3.63, 3.8) is 0 Å². The van der Waals surface area contributed by atoms with Crippen molar-refractivity contribution in [1.82, 2.24) is 10.1 Å². The molecule has 3 aromatic heterocycles. The van der Waals surface area contributed by atoms with Gasteiger partial charge in [-0.3, -0.25) is 9.59 Å². The number of nitrogens with two attached hydrogens (primary N) is 1. The first-order valence-electron chi connectivity index (χ1n) is 8.94. The fourth-order valence-electron chi connectivity index (χ4n) is 3.15. The van der Waals surface area contributed by atoms with Gasteiger partial charge in [-0.15, -0.1) is 11.3 Å². The number of nitrogens with zero attached hydrogens (tertiary/aromatic N) is 2. The molecule has 0 aliphatic heterocycles. The maximum absolute atomic E-state index is 13.2. The van der Waals surface area contributed by atoms with E-state index in [4.69, 9.17) is 10.3 Å². The average molecular weight is 406 g/mol. The molecular formula is C21H18N4O3S. The van der Waals surface area contributed by atoms with Gasteiger partial charge in [0.05, 0.1) is 33.6 Å². The summed E-state index contributed by atoms with van der Waals surface area (Å²) in [5.74, 6) is -0.807. The van der Waals surface area contributed by atoms with E-state index in [0.29, 0.717) is 39.3 Å². The molecule has 146 valence electrons. The number of nitrogens with one attached hydrogen (secondary N) is 1. The predicted octanol–water partition coefficient (Wildman–Crippen LogP) is 3.85. The number of thiophene rings is 1. The number of aromatic nitrogens is 2. The normalized spacial score (nSPS) is 11.0. The van der Waals surface area contributed by atoms with Crippen LogP contribution in [0, 0.1) is 13.8 Å². The van der Waals surface area contributed by atoms with Crippen LogP contribution in [0.5, 0.6) is 0 Å². The van der Waals surface area contributed by atoms with E-state index in [9.17, 15) is 9.59 Å². The number of aryl methyl sites for hydroxylation is 2. The van der Waals surface area contributed by atoms with Gasteiger partial charge in [0.2, 0.25) is 5.91 Å². The lowest BCUT2D eigenvalue weighted by Gasteiger charge is -2.11. The number of fused-ring (bicyclic) bond motifs is 1. The minimum absolute atomic E-state index is 0.0359. The van der Waals surface area contributed by atoms with Gasteiger partial charge in [0, 0.05) is 10.6 Å². The molecule has 3 heterocycles. The van der Waals surface area contributed by atoms with E-state index >= 15 is 0 Å². The predicted molar refractivity (Wildman–Crippen MR) is 112 cm³/mol. The van der Waals surface area contributed by atoms with Crippen molar-refractivity contribution in [2.24, 2.45) is 5.73 Å². The number of primary amides is 1. The third-order valence-electron chi connectivity index (χ3n) is 4.48. The number of rotatable bonds is 5. The number of carbonyl (C=O) groups is 2. The van der Waals surface area contributed by atoms with Crippen molar-refractivity contribution >= 4 is 39.9 Å². The van der Waals surface area contributed by atoms with Crippen molar-refractivity contribution in [3.8, 4) is 10.6 Å². The van der Waals surface area contributed by atoms with Crippen LogP contribution >= 0.6 is 11.3 Å². The fourth-order valence-corrected chi connectivity index (χ4v) is 3.97. The number of amides is 2. The molecule has 4 rings (SSSR count). The molecule has 8 heteroatoms. The van der Waals surface area contributed by atoms with Crippen molar-refractivity contribution in [1.29, 1.82) is 0 Å². The Hall–Kier alpha value is -3.52. The standard InChI is InChI=1S/C21H18N4O3S/c1-11-7-8-17(29-11)16-10-14(19-12(2)25-28-21(19)24-16)20(27)23-15-6-4-3-5-13(15)9-18(22)26/h3-8,10H,9H2,1-2H3,(H2,22,26)(H,23,27). The number of para-hydroxylation sites is 1. The lowest BCUT2D eigenvalue weighted by atomic mass is 10.1. The minimum Gasteiger partial charge on any atom is -0.369 e. The Balaban J connectivity index is 1.78. The number of pyridine rings is 1. The number of hydrogen-bond acceptors (Lipinski definition) is 6. The van der Waals surface area contributed by atoms with Crippen LogP contribution in [0.25, 0.3) is 21.7 Å². The number of benzene rings is 1. The molecule has 1 aromatic carbocycles. The summed E-state index contributed by atoms with van der Waals surface area (Å²) in [6.07, 6.45) is 0.0359. The van der Waals surface area contributed by atoms with Gasteiger partial charge in [-0.1, -0.05) is 23.4 Å². The molecular weight excluding hydrogens is 388 g/mol. The summed E-state index contributed by atoms with van der Waals surface area (Å²) >= 11 is 1.58. The SMILES string of the molecule is Cc1ccc(-c2cc(C(=O)Nc3ccccc3CC(N)=O)c3c(C)noc3n2)s1. The highest BCUT2D eigenvalue weighted by Gasteiger charge is 2.20. The summed E-state index contributed by atoms with van der Waals surface area (Å²) in [6, 6.07) is 12.8. The Morgan fingerprint density at radius 3 is 2.69 bits per heavy atom. The molecule has 0 atom stereocenters. The molecule has 0 unspecified atom stereocenters. The zero-order valence-electron chi connectivity index (χ0n) is 15.9. The van der Waals surface area contributed by atoms with Crippen LogP contribution in [0.1, 0.15) is 26.5 Å². The van der Waals surface area contributed by atoms with Crippen molar-refractivity contribution in [3.05, 3.63) is 64.2 Å². The molecule has 0 bridgehead atoms. The quantitative estimate of drug-likeness (QED) is 0.523. The minimum atomic E-state index is -0.469. The van der Waals surface area contributed by atoms with Gasteiger partial charge in [-0.2, -0.15) is 0 Å². The molecule has 0 saturated carbocycles. The molecule has 3 N–H and O–H groups in total. The molecule has 0 fully saturated rings. The van der Waals surface area contributed by atoms with E-state index in [-0.39, 0.29) is 12.3 Å². The van der Waals surface area contributed by atoms with E-state index < -0.39 is 5.91 Å². The van der Waals surface area contributed by atoms with Crippen LogP contribution in [0.4, 0.5) is 5.69 Å². The summed E-state index contributed by atoms with van der Waals surface area (Å²) in [4.78, 5) is 31.1. The fraction of sp³-hybridized carbons (Fsp3) is 0.143. The first kappa shape index (κ1) is 18.8. The Morgan fingerprint density at radius 1 is 1.17 bits per heavy atom. The van der Waals surface area contributed by atoms with E-state index in [2.05, 4.69) is 15.5 Å². The monoisotopic (exact) mass is 406 g/mol. The average Bonchev–Trinajstić information content (AvgIpc) is 3.28. The molecule has 7 nitrogen and oxygen atoms in total. The summed E-state index contributed by atoms with van der Waals surface area (Å²) in [5, 5.41) is 7.41. The third-order valence-corrected chi connectivity index (χ3v) is 5.51. The Bertz CT molecular complexity index is 1240. The zero-order chi connectivity index (χ0) is 20.5. The number of anilines is 1. The van der Waals surface area contributed by atoms with Crippen LogP contribution in [-0.2, 0) is 11.2 Å². The second-order valence-corrected chi connectivity index (χ2v) is 7.96. The van der Waals surface area contributed by atoms with E-state index in [1.807, 2.05) is 19.1 Å². The van der Waals surface area contributed by atoms with Gasteiger partial charge in [0.15, 0.2) is 0 Å². The first-order valence-corrected chi connectivity index (χ1v) is 9.75. The zero-order valence-corrected chi connectivity index (χ0v) is 16.7. The highest BCUT2D eigenvalue weighted by atomic mass is 32.1. The molecule has 29 heavy (non-hydrogen) atoms. The molecule has 0 spiro atoms. The summed E-state index contributed by atoms with van der Waals surface area (Å²) in [5.41, 5.74) is 8.44. The van der Waals surface area contributed by atoms with Gasteiger partial charge in [-0.05, 0) is 43.7 Å². The van der Waals surface area contributed by atoms with Crippen LogP contribution in [0.15, 0.2) is 47.0 Å². The van der Waals surface area contributed by atoms with E-state index in [0.717, 1.165) is 9.75 Å². The Morgan fingerprint density at radius 2 is 1.97 bits per heavy atom. The third kappa shape index (κ3) is 3.74. The largest absolute Gasteiger partial charge is 0.369 e. The Kier molecular flexibility index (Phi) is 4.85. The van der Waals surface area contributed by atoms with Gasteiger partial charge >= 0.3 is 0 Å². The van der Waals surface area contributed by atoms with Crippen LogP contribution in [0.3, 0.4) is 0 Å². The number of carbonyl (C=O) groups excluding carboxylic acids is 2.